The molecule has 0 radical (unpaired) electrons. The molecule has 0 saturated carbocycles. The number of aromatic nitrogens is 1. The standard InChI is InChI=1S/C16H23N3O2S/c1-5-8-17-11(2)13-10-22-16(19-13)18-12-6-7-14(20-3)15(9-12)21-4/h6-7,9-11,17H,5,8H2,1-4H3,(H,18,19). The number of benzene rings is 1. The molecule has 0 saturated heterocycles. The fourth-order valence-electron chi connectivity index (χ4n) is 2.05. The molecule has 0 fully saturated rings. The van der Waals surface area contributed by atoms with E-state index in [-0.39, 0.29) is 6.04 Å². The lowest BCUT2D eigenvalue weighted by atomic mass is 10.2. The number of ether oxygens (including phenoxy) is 2. The maximum atomic E-state index is 5.31. The zero-order chi connectivity index (χ0) is 15.9. The van der Waals surface area contributed by atoms with E-state index in [2.05, 4.69) is 34.8 Å². The molecule has 0 spiro atoms. The monoisotopic (exact) mass is 321 g/mol. The van der Waals surface area contributed by atoms with Crippen LogP contribution in [0.15, 0.2) is 23.6 Å². The fourth-order valence-corrected chi connectivity index (χ4v) is 2.87. The van der Waals surface area contributed by atoms with Gasteiger partial charge < -0.3 is 20.1 Å². The van der Waals surface area contributed by atoms with Crippen molar-refractivity contribution in [3.05, 3.63) is 29.3 Å². The quantitative estimate of drug-likeness (QED) is 0.770. The van der Waals surface area contributed by atoms with Crippen LogP contribution in [0.3, 0.4) is 0 Å². The molecule has 2 rings (SSSR count). The van der Waals surface area contributed by atoms with Gasteiger partial charge in [-0.05, 0) is 32.0 Å². The van der Waals surface area contributed by atoms with Gasteiger partial charge in [-0.25, -0.2) is 4.98 Å². The van der Waals surface area contributed by atoms with E-state index in [1.54, 1.807) is 25.6 Å². The van der Waals surface area contributed by atoms with Crippen LogP contribution in [0.1, 0.15) is 32.0 Å². The van der Waals surface area contributed by atoms with E-state index in [4.69, 9.17) is 9.47 Å². The van der Waals surface area contributed by atoms with Gasteiger partial charge in [-0.15, -0.1) is 11.3 Å². The summed E-state index contributed by atoms with van der Waals surface area (Å²) in [6, 6.07) is 5.98. The second-order valence-corrected chi connectivity index (χ2v) is 5.81. The van der Waals surface area contributed by atoms with Crippen molar-refractivity contribution >= 4 is 22.2 Å². The number of hydrogen-bond donors (Lipinski definition) is 2. The van der Waals surface area contributed by atoms with Crippen molar-refractivity contribution < 1.29 is 9.47 Å². The summed E-state index contributed by atoms with van der Waals surface area (Å²) in [7, 11) is 3.26. The average Bonchev–Trinajstić information content (AvgIpc) is 3.01. The highest BCUT2D eigenvalue weighted by Crippen LogP contribution is 2.32. The molecule has 2 aromatic rings. The van der Waals surface area contributed by atoms with Crippen LogP contribution in [-0.2, 0) is 0 Å². The third kappa shape index (κ3) is 4.11. The minimum absolute atomic E-state index is 0.261. The van der Waals surface area contributed by atoms with Crippen LogP contribution in [0.25, 0.3) is 0 Å². The fraction of sp³-hybridized carbons (Fsp3) is 0.438. The molecule has 0 aliphatic rings. The first-order valence-electron chi connectivity index (χ1n) is 7.35. The van der Waals surface area contributed by atoms with Crippen LogP contribution in [0.4, 0.5) is 10.8 Å². The molecule has 1 unspecified atom stereocenters. The Morgan fingerprint density at radius 1 is 1.23 bits per heavy atom. The van der Waals surface area contributed by atoms with Crippen LogP contribution >= 0.6 is 11.3 Å². The molecule has 0 aliphatic carbocycles. The van der Waals surface area contributed by atoms with Crippen molar-refractivity contribution in [2.75, 3.05) is 26.1 Å². The van der Waals surface area contributed by atoms with E-state index < -0.39 is 0 Å². The Kier molecular flexibility index (Phi) is 6.03. The predicted molar refractivity (Wildman–Crippen MR) is 91.7 cm³/mol. The van der Waals surface area contributed by atoms with Gasteiger partial charge in [0, 0.05) is 23.2 Å². The van der Waals surface area contributed by atoms with Gasteiger partial charge in [-0.1, -0.05) is 6.92 Å². The lowest BCUT2D eigenvalue weighted by Gasteiger charge is -2.11. The van der Waals surface area contributed by atoms with Crippen molar-refractivity contribution in [2.45, 2.75) is 26.3 Å². The van der Waals surface area contributed by atoms with E-state index in [1.807, 2.05) is 18.2 Å². The maximum absolute atomic E-state index is 5.31. The third-order valence-electron chi connectivity index (χ3n) is 3.30. The van der Waals surface area contributed by atoms with Gasteiger partial charge in [0.1, 0.15) is 0 Å². The number of methoxy groups -OCH3 is 2. The predicted octanol–water partition coefficient (Wildman–Crippen LogP) is 3.96. The molecule has 1 heterocycles. The van der Waals surface area contributed by atoms with Gasteiger partial charge >= 0.3 is 0 Å². The number of nitrogens with one attached hydrogen (secondary N) is 2. The third-order valence-corrected chi connectivity index (χ3v) is 4.08. The van der Waals surface area contributed by atoms with Gasteiger partial charge in [-0.2, -0.15) is 0 Å². The summed E-state index contributed by atoms with van der Waals surface area (Å²) < 4.78 is 10.6. The molecular formula is C16H23N3O2S. The first-order valence-corrected chi connectivity index (χ1v) is 8.23. The van der Waals surface area contributed by atoms with Gasteiger partial charge in [-0.3, -0.25) is 0 Å². The summed E-state index contributed by atoms with van der Waals surface area (Å²) in [6.45, 7) is 5.28. The Morgan fingerprint density at radius 3 is 2.68 bits per heavy atom. The van der Waals surface area contributed by atoms with Crippen LogP contribution in [0.5, 0.6) is 11.5 Å². The average molecular weight is 321 g/mol. The number of anilines is 2. The van der Waals surface area contributed by atoms with E-state index >= 15 is 0 Å². The minimum Gasteiger partial charge on any atom is -0.493 e. The van der Waals surface area contributed by atoms with Gasteiger partial charge in [0.25, 0.3) is 0 Å². The first-order chi connectivity index (χ1) is 10.7. The molecule has 22 heavy (non-hydrogen) atoms. The van der Waals surface area contributed by atoms with E-state index in [1.165, 1.54) is 0 Å². The smallest absolute Gasteiger partial charge is 0.187 e. The topological polar surface area (TPSA) is 55.4 Å². The Balaban J connectivity index is 2.06. The summed E-state index contributed by atoms with van der Waals surface area (Å²) in [5, 5.41) is 9.69. The normalized spacial score (nSPS) is 12.0. The molecule has 0 bridgehead atoms. The van der Waals surface area contributed by atoms with Crippen LogP contribution < -0.4 is 20.1 Å². The Labute approximate surface area is 135 Å². The lowest BCUT2D eigenvalue weighted by Crippen LogP contribution is -2.19. The van der Waals surface area contributed by atoms with Crippen LogP contribution in [0, 0.1) is 0 Å². The summed E-state index contributed by atoms with van der Waals surface area (Å²) in [6.07, 6.45) is 1.12. The minimum atomic E-state index is 0.261. The largest absolute Gasteiger partial charge is 0.493 e. The highest BCUT2D eigenvalue weighted by Gasteiger charge is 2.10. The molecule has 0 amide bonds. The molecule has 120 valence electrons. The zero-order valence-corrected chi connectivity index (χ0v) is 14.3. The number of nitrogens with zero attached hydrogens (tertiary/aromatic N) is 1. The summed E-state index contributed by atoms with van der Waals surface area (Å²) in [5.74, 6) is 1.41. The first kappa shape index (κ1) is 16.6. The van der Waals surface area contributed by atoms with Crippen molar-refractivity contribution in [1.82, 2.24) is 10.3 Å². The second kappa shape index (κ2) is 8.00. The van der Waals surface area contributed by atoms with Crippen LogP contribution in [0.2, 0.25) is 0 Å². The summed E-state index contributed by atoms with van der Waals surface area (Å²) in [5.41, 5.74) is 1.98. The molecule has 2 N–H and O–H groups in total. The number of thiazole rings is 1. The Bertz CT molecular complexity index is 601. The second-order valence-electron chi connectivity index (χ2n) is 4.95. The van der Waals surface area contributed by atoms with E-state index in [9.17, 15) is 0 Å². The molecule has 5 nitrogen and oxygen atoms in total. The van der Waals surface area contributed by atoms with Gasteiger partial charge in [0.05, 0.1) is 19.9 Å². The zero-order valence-electron chi connectivity index (χ0n) is 13.5. The molecule has 0 aliphatic heterocycles. The van der Waals surface area contributed by atoms with Crippen molar-refractivity contribution in [2.24, 2.45) is 0 Å². The highest BCUT2D eigenvalue weighted by molar-refractivity contribution is 7.13. The number of hydrogen-bond acceptors (Lipinski definition) is 6. The molecule has 1 atom stereocenters. The Morgan fingerprint density at radius 2 is 2.00 bits per heavy atom. The maximum Gasteiger partial charge on any atom is 0.187 e. The van der Waals surface area contributed by atoms with Crippen molar-refractivity contribution in [3.8, 4) is 11.5 Å². The van der Waals surface area contributed by atoms with Crippen molar-refractivity contribution in [3.63, 3.8) is 0 Å². The lowest BCUT2D eigenvalue weighted by molar-refractivity contribution is 0.355. The Hall–Kier alpha value is -1.79. The number of rotatable bonds is 8. The highest BCUT2D eigenvalue weighted by atomic mass is 32.1. The molecule has 6 heteroatoms. The molecule has 1 aromatic carbocycles. The summed E-state index contributed by atoms with van der Waals surface area (Å²) >= 11 is 1.60. The SMILES string of the molecule is CCCNC(C)c1csc(Nc2ccc(OC)c(OC)c2)n1. The van der Waals surface area contributed by atoms with Crippen LogP contribution in [-0.4, -0.2) is 25.7 Å². The van der Waals surface area contributed by atoms with E-state index in [0.29, 0.717) is 11.5 Å². The van der Waals surface area contributed by atoms with E-state index in [0.717, 1.165) is 29.5 Å². The van der Waals surface area contributed by atoms with Gasteiger partial charge in [0.15, 0.2) is 16.6 Å². The van der Waals surface area contributed by atoms with Crippen molar-refractivity contribution in [1.29, 1.82) is 0 Å². The summed E-state index contributed by atoms with van der Waals surface area (Å²) in [4.78, 5) is 4.63. The van der Waals surface area contributed by atoms with Gasteiger partial charge in [0.2, 0.25) is 0 Å². The molecule has 1 aromatic heterocycles. The molecular weight excluding hydrogens is 298 g/mol.